The van der Waals surface area contributed by atoms with E-state index in [1.165, 1.54) is 22.8 Å². The molecule has 0 unspecified atom stereocenters. The van der Waals surface area contributed by atoms with Gasteiger partial charge in [-0.25, -0.2) is 18.7 Å². The largest absolute Gasteiger partial charge is 0.343 e. The monoisotopic (exact) mass is 424 g/mol. The fourth-order valence-corrected chi connectivity index (χ4v) is 4.24. The molecule has 1 atom stereocenters. The summed E-state index contributed by atoms with van der Waals surface area (Å²) in [5.41, 5.74) is 1.12. The van der Waals surface area contributed by atoms with Crippen molar-refractivity contribution in [3.63, 3.8) is 0 Å². The highest BCUT2D eigenvalue weighted by atomic mass is 19.1. The standard InChI is InChI=1S/C23H22F2N4O2/c24-18-6-3-15(4-7-18)17-5-8-19(20(25)11-17)21-26-27-23(31)29(21)13-14-9-10-28(12-14)22(30)16-1-2-16/h3-8,11,14,16H,1-2,9-10,12-13H2,(H,27,31)/t14-/m1/s1. The number of amides is 1. The highest BCUT2D eigenvalue weighted by Gasteiger charge is 2.36. The lowest BCUT2D eigenvalue weighted by Gasteiger charge is -2.16. The average molecular weight is 424 g/mol. The minimum Gasteiger partial charge on any atom is -0.342 e. The van der Waals surface area contributed by atoms with Crippen LogP contribution in [0.1, 0.15) is 19.3 Å². The van der Waals surface area contributed by atoms with Gasteiger partial charge in [0.15, 0.2) is 5.82 Å². The lowest BCUT2D eigenvalue weighted by atomic mass is 10.0. The molecular formula is C23H22F2N4O2. The van der Waals surface area contributed by atoms with Crippen molar-refractivity contribution in [3.8, 4) is 22.5 Å². The molecule has 160 valence electrons. The van der Waals surface area contributed by atoms with Crippen LogP contribution in [0.25, 0.3) is 22.5 Å². The first-order chi connectivity index (χ1) is 15.0. The molecule has 6 nitrogen and oxygen atoms in total. The smallest absolute Gasteiger partial charge is 0.342 e. The van der Waals surface area contributed by atoms with Gasteiger partial charge in [-0.2, -0.15) is 5.10 Å². The maximum Gasteiger partial charge on any atom is 0.343 e. The summed E-state index contributed by atoms with van der Waals surface area (Å²) in [6.45, 7) is 1.68. The van der Waals surface area contributed by atoms with Crippen molar-refractivity contribution >= 4 is 5.91 Å². The Kier molecular flexibility index (Phi) is 4.92. The summed E-state index contributed by atoms with van der Waals surface area (Å²) in [6, 6.07) is 10.5. The molecule has 0 bridgehead atoms. The van der Waals surface area contributed by atoms with Gasteiger partial charge in [0.05, 0.1) is 5.56 Å². The first kappa shape index (κ1) is 19.7. The molecule has 1 aliphatic heterocycles. The first-order valence-corrected chi connectivity index (χ1v) is 10.5. The quantitative estimate of drug-likeness (QED) is 0.682. The molecule has 3 aromatic rings. The van der Waals surface area contributed by atoms with Gasteiger partial charge in [0.1, 0.15) is 11.6 Å². The number of likely N-dealkylation sites (tertiary alicyclic amines) is 1. The molecule has 0 spiro atoms. The minimum absolute atomic E-state index is 0.123. The van der Waals surface area contributed by atoms with E-state index in [-0.39, 0.29) is 34.9 Å². The van der Waals surface area contributed by atoms with E-state index in [2.05, 4.69) is 10.2 Å². The predicted octanol–water partition coefficient (Wildman–Crippen LogP) is 3.44. The van der Waals surface area contributed by atoms with E-state index in [0.717, 1.165) is 19.3 Å². The number of benzene rings is 2. The number of carbonyl (C=O) groups excluding carboxylic acids is 1. The van der Waals surface area contributed by atoms with Gasteiger partial charge in [-0.15, -0.1) is 0 Å². The number of aromatic amines is 1. The van der Waals surface area contributed by atoms with Gasteiger partial charge < -0.3 is 4.90 Å². The molecule has 1 amide bonds. The molecule has 1 saturated carbocycles. The van der Waals surface area contributed by atoms with Crippen LogP contribution in [0, 0.1) is 23.5 Å². The Hall–Kier alpha value is -3.29. The Morgan fingerprint density at radius 2 is 1.81 bits per heavy atom. The average Bonchev–Trinajstić information content (AvgIpc) is 3.42. The van der Waals surface area contributed by atoms with Crippen LogP contribution in [0.15, 0.2) is 47.3 Å². The summed E-state index contributed by atoms with van der Waals surface area (Å²) >= 11 is 0. The number of aromatic nitrogens is 3. The van der Waals surface area contributed by atoms with Crippen LogP contribution >= 0.6 is 0 Å². The summed E-state index contributed by atoms with van der Waals surface area (Å²) in [6.07, 6.45) is 2.75. The predicted molar refractivity (Wildman–Crippen MR) is 111 cm³/mol. The molecule has 1 aromatic heterocycles. The van der Waals surface area contributed by atoms with Crippen molar-refractivity contribution < 1.29 is 13.6 Å². The highest BCUT2D eigenvalue weighted by molar-refractivity contribution is 5.81. The molecule has 2 heterocycles. The van der Waals surface area contributed by atoms with Gasteiger partial charge in [0, 0.05) is 25.6 Å². The van der Waals surface area contributed by atoms with Crippen LogP contribution in [-0.2, 0) is 11.3 Å². The normalized spacial score (nSPS) is 18.5. The second kappa shape index (κ2) is 7.76. The molecule has 2 aromatic carbocycles. The second-order valence-corrected chi connectivity index (χ2v) is 8.38. The van der Waals surface area contributed by atoms with Crippen LogP contribution < -0.4 is 5.69 Å². The Morgan fingerprint density at radius 1 is 1.06 bits per heavy atom. The van der Waals surface area contributed by atoms with Gasteiger partial charge in [-0.3, -0.25) is 9.36 Å². The van der Waals surface area contributed by atoms with E-state index in [1.807, 2.05) is 4.90 Å². The number of halogens is 2. The van der Waals surface area contributed by atoms with Crippen LogP contribution in [-0.4, -0.2) is 38.7 Å². The molecule has 2 aliphatic rings. The van der Waals surface area contributed by atoms with Crippen molar-refractivity contribution in [2.24, 2.45) is 11.8 Å². The SMILES string of the molecule is O=C(C1CC1)N1CC[C@@H](Cn2c(-c3ccc(-c4ccc(F)cc4)cc3F)n[nH]c2=O)C1. The topological polar surface area (TPSA) is 71.0 Å². The van der Waals surface area contributed by atoms with Crippen molar-refractivity contribution in [3.05, 3.63) is 64.6 Å². The molecule has 0 radical (unpaired) electrons. The Morgan fingerprint density at radius 3 is 2.52 bits per heavy atom. The maximum atomic E-state index is 15.0. The van der Waals surface area contributed by atoms with Gasteiger partial charge in [0.25, 0.3) is 0 Å². The van der Waals surface area contributed by atoms with Crippen LogP contribution in [0.4, 0.5) is 8.78 Å². The van der Waals surface area contributed by atoms with E-state index in [1.54, 1.807) is 24.3 Å². The van der Waals surface area contributed by atoms with E-state index in [4.69, 9.17) is 0 Å². The number of nitrogens with zero attached hydrogens (tertiary/aromatic N) is 3. The summed E-state index contributed by atoms with van der Waals surface area (Å²) < 4.78 is 29.6. The first-order valence-electron chi connectivity index (χ1n) is 10.5. The lowest BCUT2D eigenvalue weighted by molar-refractivity contribution is -0.131. The third kappa shape index (κ3) is 3.89. The third-order valence-electron chi connectivity index (χ3n) is 6.11. The fraction of sp³-hybridized carbons (Fsp3) is 0.348. The molecule has 1 N–H and O–H groups in total. The van der Waals surface area contributed by atoms with Crippen molar-refractivity contribution in [2.75, 3.05) is 13.1 Å². The van der Waals surface area contributed by atoms with Crippen molar-refractivity contribution in [2.45, 2.75) is 25.8 Å². The minimum atomic E-state index is -0.515. The summed E-state index contributed by atoms with van der Waals surface area (Å²) in [5.74, 6) is -0.118. The van der Waals surface area contributed by atoms with Gasteiger partial charge in [0.2, 0.25) is 5.91 Å². The zero-order valence-corrected chi connectivity index (χ0v) is 16.9. The molecule has 1 aliphatic carbocycles. The third-order valence-corrected chi connectivity index (χ3v) is 6.11. The number of nitrogens with one attached hydrogen (secondary N) is 1. The zero-order chi connectivity index (χ0) is 21.5. The second-order valence-electron chi connectivity index (χ2n) is 8.38. The number of carbonyl (C=O) groups is 1. The van der Waals surface area contributed by atoms with Gasteiger partial charge >= 0.3 is 5.69 Å². The van der Waals surface area contributed by atoms with Crippen LogP contribution in [0.5, 0.6) is 0 Å². The Labute approximate surface area is 177 Å². The van der Waals surface area contributed by atoms with Gasteiger partial charge in [-0.05, 0) is 60.6 Å². The lowest BCUT2D eigenvalue weighted by Crippen LogP contribution is -2.31. The number of hydrogen-bond acceptors (Lipinski definition) is 3. The molecule has 5 rings (SSSR count). The summed E-state index contributed by atoms with van der Waals surface area (Å²) in [7, 11) is 0. The highest BCUT2D eigenvalue weighted by Crippen LogP contribution is 2.33. The Balaban J connectivity index is 1.37. The van der Waals surface area contributed by atoms with E-state index in [0.29, 0.717) is 30.8 Å². The maximum absolute atomic E-state index is 15.0. The van der Waals surface area contributed by atoms with Crippen molar-refractivity contribution in [1.29, 1.82) is 0 Å². The van der Waals surface area contributed by atoms with Crippen LogP contribution in [0.2, 0.25) is 0 Å². The molecule has 1 saturated heterocycles. The molecule has 31 heavy (non-hydrogen) atoms. The summed E-state index contributed by atoms with van der Waals surface area (Å²) in [4.78, 5) is 26.5. The zero-order valence-electron chi connectivity index (χ0n) is 16.9. The Bertz CT molecular complexity index is 1180. The fourth-order valence-electron chi connectivity index (χ4n) is 4.24. The molecular weight excluding hydrogens is 402 g/mol. The number of H-pyrrole nitrogens is 1. The summed E-state index contributed by atoms with van der Waals surface area (Å²) in [5, 5.41) is 6.47. The van der Waals surface area contributed by atoms with E-state index in [9.17, 15) is 18.4 Å². The number of hydrogen-bond donors (Lipinski definition) is 1. The van der Waals surface area contributed by atoms with E-state index >= 15 is 0 Å². The van der Waals surface area contributed by atoms with Crippen molar-refractivity contribution in [1.82, 2.24) is 19.7 Å². The molecule has 2 fully saturated rings. The van der Waals surface area contributed by atoms with E-state index < -0.39 is 11.5 Å². The van der Waals surface area contributed by atoms with Crippen LogP contribution in [0.3, 0.4) is 0 Å². The van der Waals surface area contributed by atoms with Gasteiger partial charge in [-0.1, -0.05) is 18.2 Å². The number of rotatable bonds is 5. The molecule has 8 heteroatoms.